The number of pyridine rings is 1. The number of aromatic nitrogens is 1. The van der Waals surface area contributed by atoms with E-state index in [1.165, 1.54) is 10.8 Å². The molecule has 0 fully saturated rings. The van der Waals surface area contributed by atoms with Gasteiger partial charge in [-0.1, -0.05) is 30.3 Å². The van der Waals surface area contributed by atoms with Crippen molar-refractivity contribution in [3.8, 4) is 6.07 Å². The molecule has 20 heavy (non-hydrogen) atoms. The van der Waals surface area contributed by atoms with Crippen LogP contribution in [-0.2, 0) is 13.0 Å². The largest absolute Gasteiger partial charge is 0.307 e. The molecule has 1 aromatic heterocycles. The van der Waals surface area contributed by atoms with Gasteiger partial charge in [-0.2, -0.15) is 5.26 Å². The number of hydrogen-bond donors (Lipinski definition) is 0. The maximum atomic E-state index is 11.9. The third-order valence-corrected chi connectivity index (χ3v) is 2.89. The molecule has 6 heteroatoms. The zero-order valence-corrected chi connectivity index (χ0v) is 10.5. The van der Waals surface area contributed by atoms with Crippen molar-refractivity contribution < 1.29 is 4.92 Å². The van der Waals surface area contributed by atoms with Gasteiger partial charge in [0.05, 0.1) is 11.1 Å². The molecule has 0 amide bonds. The summed E-state index contributed by atoms with van der Waals surface area (Å²) >= 11 is 0. The third-order valence-electron chi connectivity index (χ3n) is 2.89. The Morgan fingerprint density at radius 1 is 1.30 bits per heavy atom. The molecule has 0 unspecified atom stereocenters. The average Bonchev–Trinajstić information content (AvgIpc) is 2.47. The molecule has 100 valence electrons. The summed E-state index contributed by atoms with van der Waals surface area (Å²) in [5, 5.41) is 19.6. The Labute approximate surface area is 114 Å². The monoisotopic (exact) mass is 269 g/mol. The first-order valence-electron chi connectivity index (χ1n) is 5.94. The van der Waals surface area contributed by atoms with Crippen LogP contribution < -0.4 is 5.56 Å². The molecule has 0 saturated carbocycles. The second-order valence-electron chi connectivity index (χ2n) is 4.22. The Morgan fingerprint density at radius 3 is 2.60 bits per heavy atom. The van der Waals surface area contributed by atoms with Gasteiger partial charge in [0.25, 0.3) is 11.2 Å². The summed E-state index contributed by atoms with van der Waals surface area (Å²) in [6.07, 6.45) is 1.74. The molecule has 0 spiro atoms. The number of nitriles is 1. The van der Waals surface area contributed by atoms with Gasteiger partial charge in [0.1, 0.15) is 11.6 Å². The van der Waals surface area contributed by atoms with Crippen molar-refractivity contribution in [3.05, 3.63) is 74.2 Å². The van der Waals surface area contributed by atoms with Gasteiger partial charge in [-0.05, 0) is 12.0 Å². The van der Waals surface area contributed by atoms with E-state index < -0.39 is 10.5 Å². The molecule has 0 aliphatic heterocycles. The minimum atomic E-state index is -0.612. The zero-order chi connectivity index (χ0) is 14.5. The van der Waals surface area contributed by atoms with Gasteiger partial charge in [-0.15, -0.1) is 0 Å². The van der Waals surface area contributed by atoms with Crippen molar-refractivity contribution in [3.63, 3.8) is 0 Å². The minimum Gasteiger partial charge on any atom is -0.307 e. The quantitative estimate of drug-likeness (QED) is 0.626. The van der Waals surface area contributed by atoms with Crippen molar-refractivity contribution in [2.24, 2.45) is 0 Å². The molecule has 6 nitrogen and oxygen atoms in total. The molecule has 0 atom stereocenters. The predicted molar refractivity (Wildman–Crippen MR) is 72.2 cm³/mol. The fourth-order valence-corrected chi connectivity index (χ4v) is 1.86. The second kappa shape index (κ2) is 5.80. The molecule has 0 aliphatic rings. The van der Waals surface area contributed by atoms with Crippen LogP contribution in [0.3, 0.4) is 0 Å². The topological polar surface area (TPSA) is 88.9 Å². The van der Waals surface area contributed by atoms with E-state index in [-0.39, 0.29) is 11.3 Å². The first-order chi connectivity index (χ1) is 9.61. The lowest BCUT2D eigenvalue weighted by molar-refractivity contribution is -0.385. The lowest BCUT2D eigenvalue weighted by atomic mass is 10.1. The first kappa shape index (κ1) is 13.5. The van der Waals surface area contributed by atoms with Crippen LogP contribution >= 0.6 is 0 Å². The third kappa shape index (κ3) is 2.90. The summed E-state index contributed by atoms with van der Waals surface area (Å²) in [7, 11) is 0. The highest BCUT2D eigenvalue weighted by Gasteiger charge is 2.13. The fourth-order valence-electron chi connectivity index (χ4n) is 1.86. The normalized spacial score (nSPS) is 9.95. The Bertz CT molecular complexity index is 730. The highest BCUT2D eigenvalue weighted by molar-refractivity contribution is 5.37. The van der Waals surface area contributed by atoms with Crippen molar-refractivity contribution in [1.29, 1.82) is 5.26 Å². The van der Waals surface area contributed by atoms with E-state index in [1.807, 2.05) is 30.3 Å². The van der Waals surface area contributed by atoms with Crippen LogP contribution in [0.5, 0.6) is 0 Å². The fraction of sp³-hybridized carbons (Fsp3) is 0.143. The van der Waals surface area contributed by atoms with Crippen LogP contribution in [0.2, 0.25) is 0 Å². The zero-order valence-electron chi connectivity index (χ0n) is 10.5. The second-order valence-corrected chi connectivity index (χ2v) is 4.22. The van der Waals surface area contributed by atoms with Gasteiger partial charge in [0, 0.05) is 12.6 Å². The SMILES string of the molecule is N#Cc1cc([N+](=O)[O-])cn(CCc2ccccc2)c1=O. The molecule has 0 N–H and O–H groups in total. The van der Waals surface area contributed by atoms with Crippen LogP contribution in [0, 0.1) is 21.4 Å². The van der Waals surface area contributed by atoms with Crippen LogP contribution in [0.1, 0.15) is 11.1 Å². The number of benzene rings is 1. The predicted octanol–water partition coefficient (Wildman–Crippen LogP) is 1.87. The summed E-state index contributed by atoms with van der Waals surface area (Å²) in [6.45, 7) is 0.291. The molecule has 2 rings (SSSR count). The van der Waals surface area contributed by atoms with Crippen molar-refractivity contribution >= 4 is 5.69 Å². The van der Waals surface area contributed by atoms with E-state index in [9.17, 15) is 14.9 Å². The summed E-state index contributed by atoms with van der Waals surface area (Å²) in [5.74, 6) is 0. The van der Waals surface area contributed by atoms with Gasteiger partial charge in [-0.25, -0.2) is 0 Å². The molecule has 1 aromatic carbocycles. The molecule has 2 aromatic rings. The van der Waals surface area contributed by atoms with Crippen LogP contribution in [0.25, 0.3) is 0 Å². The molecule has 1 heterocycles. The Balaban J connectivity index is 2.32. The Hall–Kier alpha value is -2.94. The maximum absolute atomic E-state index is 11.9. The summed E-state index contributed by atoms with van der Waals surface area (Å²) in [5.41, 5.74) is 0.0416. The van der Waals surface area contributed by atoms with Crippen LogP contribution in [0.15, 0.2) is 47.4 Å². The minimum absolute atomic E-state index is 0.215. The van der Waals surface area contributed by atoms with Gasteiger partial charge >= 0.3 is 0 Å². The number of rotatable bonds is 4. The number of nitrogens with zero attached hydrogens (tertiary/aromatic N) is 3. The van der Waals surface area contributed by atoms with Gasteiger partial charge in [-0.3, -0.25) is 14.9 Å². The van der Waals surface area contributed by atoms with E-state index in [0.717, 1.165) is 11.6 Å². The number of aryl methyl sites for hydroxylation is 2. The molecule has 0 saturated heterocycles. The van der Waals surface area contributed by atoms with Gasteiger partial charge in [0.2, 0.25) is 0 Å². The molecular formula is C14H11N3O3. The number of nitro groups is 1. The standard InChI is InChI=1S/C14H11N3O3/c15-9-12-8-13(17(19)20)10-16(14(12)18)7-6-11-4-2-1-3-5-11/h1-5,8,10H,6-7H2. The maximum Gasteiger partial charge on any atom is 0.287 e. The molecule has 0 aliphatic carbocycles. The first-order valence-corrected chi connectivity index (χ1v) is 5.94. The van der Waals surface area contributed by atoms with Crippen molar-refractivity contribution in [2.45, 2.75) is 13.0 Å². The summed E-state index contributed by atoms with van der Waals surface area (Å²) < 4.78 is 1.21. The lowest BCUT2D eigenvalue weighted by Crippen LogP contribution is -2.23. The smallest absolute Gasteiger partial charge is 0.287 e. The van der Waals surface area contributed by atoms with E-state index in [1.54, 1.807) is 6.07 Å². The Morgan fingerprint density at radius 2 is 2.00 bits per heavy atom. The molecule has 0 bridgehead atoms. The molecule has 0 radical (unpaired) electrons. The van der Waals surface area contributed by atoms with Crippen molar-refractivity contribution in [1.82, 2.24) is 4.57 Å². The van der Waals surface area contributed by atoms with Crippen LogP contribution in [-0.4, -0.2) is 9.49 Å². The van der Waals surface area contributed by atoms with E-state index in [2.05, 4.69) is 0 Å². The molecular weight excluding hydrogens is 258 g/mol. The van der Waals surface area contributed by atoms with Gasteiger partial charge < -0.3 is 4.57 Å². The highest BCUT2D eigenvalue weighted by Crippen LogP contribution is 2.10. The highest BCUT2D eigenvalue weighted by atomic mass is 16.6. The Kier molecular flexibility index (Phi) is 3.91. The van der Waals surface area contributed by atoms with E-state index >= 15 is 0 Å². The number of hydrogen-bond acceptors (Lipinski definition) is 4. The van der Waals surface area contributed by atoms with Gasteiger partial charge in [0.15, 0.2) is 0 Å². The van der Waals surface area contributed by atoms with Crippen LogP contribution in [0.4, 0.5) is 5.69 Å². The van der Waals surface area contributed by atoms with Crippen molar-refractivity contribution in [2.75, 3.05) is 0 Å². The lowest BCUT2D eigenvalue weighted by Gasteiger charge is -2.06. The summed E-state index contributed by atoms with van der Waals surface area (Å²) in [6, 6.07) is 12.2. The van der Waals surface area contributed by atoms with E-state index in [0.29, 0.717) is 13.0 Å². The average molecular weight is 269 g/mol. The summed E-state index contributed by atoms with van der Waals surface area (Å²) in [4.78, 5) is 22.1. The van der Waals surface area contributed by atoms with E-state index in [4.69, 9.17) is 5.26 Å².